The van der Waals surface area contributed by atoms with Gasteiger partial charge in [0.15, 0.2) is 5.82 Å². The molecular weight excluding hydrogens is 296 g/mol. The zero-order valence-corrected chi connectivity index (χ0v) is 12.9. The van der Waals surface area contributed by atoms with Crippen molar-refractivity contribution in [2.75, 3.05) is 23.7 Å². The molecule has 0 aliphatic carbocycles. The predicted octanol–water partition coefficient (Wildman–Crippen LogP) is -0.0910. The van der Waals surface area contributed by atoms with Crippen LogP contribution in [0, 0.1) is 19.8 Å². The van der Waals surface area contributed by atoms with Gasteiger partial charge in [-0.3, -0.25) is 4.79 Å². The number of sulfonamides is 1. The van der Waals surface area contributed by atoms with Gasteiger partial charge in [0.2, 0.25) is 10.0 Å². The van der Waals surface area contributed by atoms with E-state index in [1.807, 2.05) is 13.8 Å². The summed E-state index contributed by atoms with van der Waals surface area (Å²) < 4.78 is 22.2. The number of hydrogen-bond donors (Lipinski definition) is 2. The highest BCUT2D eigenvalue weighted by Gasteiger charge is 2.27. The highest BCUT2D eigenvalue weighted by Crippen LogP contribution is 2.26. The summed E-state index contributed by atoms with van der Waals surface area (Å²) >= 11 is 0. The van der Waals surface area contributed by atoms with E-state index in [0.29, 0.717) is 6.54 Å². The number of anilines is 1. The molecule has 1 unspecified atom stereocenters. The predicted molar refractivity (Wildman–Crippen MR) is 78.5 cm³/mol. The lowest BCUT2D eigenvalue weighted by atomic mass is 10.1. The molecule has 2 rings (SSSR count). The van der Waals surface area contributed by atoms with E-state index in [2.05, 4.69) is 15.1 Å². The second kappa shape index (κ2) is 7.32. The van der Waals surface area contributed by atoms with Gasteiger partial charge in [-0.05, 0) is 37.3 Å². The summed E-state index contributed by atoms with van der Waals surface area (Å²) in [4.78, 5) is 10.4. The average Bonchev–Trinajstić information content (AvgIpc) is 2.79. The van der Waals surface area contributed by atoms with Crippen LogP contribution in [0.2, 0.25) is 0 Å². The Morgan fingerprint density at radius 3 is 2.71 bits per heavy atom. The standard InChI is InChI=1S/C11H18N4O2S.CH2O2/c1-8-5-13-14-11(9(8)2)15-4-3-10(6-15)7-18(12,16)17;2-1-3/h5,10H,3-4,6-7H2,1-2H3,(H2,12,16,17);1H,(H,2,3). The van der Waals surface area contributed by atoms with E-state index in [9.17, 15) is 8.42 Å². The number of nitrogens with zero attached hydrogens (tertiary/aromatic N) is 3. The number of aromatic nitrogens is 2. The number of hydrogen-bond acceptors (Lipinski definition) is 6. The van der Waals surface area contributed by atoms with E-state index >= 15 is 0 Å². The first-order chi connectivity index (χ1) is 9.78. The molecule has 1 saturated heterocycles. The second-order valence-electron chi connectivity index (χ2n) is 5.01. The fourth-order valence-corrected chi connectivity index (χ4v) is 3.24. The van der Waals surface area contributed by atoms with Crippen LogP contribution in [0.15, 0.2) is 6.20 Å². The maximum Gasteiger partial charge on any atom is 0.290 e. The van der Waals surface area contributed by atoms with Crippen molar-refractivity contribution in [3.05, 3.63) is 17.3 Å². The van der Waals surface area contributed by atoms with Crippen LogP contribution in [0.3, 0.4) is 0 Å². The Balaban J connectivity index is 0.000000677. The Morgan fingerprint density at radius 1 is 1.52 bits per heavy atom. The third-order valence-corrected chi connectivity index (χ3v) is 4.32. The Hall–Kier alpha value is -1.74. The zero-order chi connectivity index (χ0) is 16.0. The van der Waals surface area contributed by atoms with Gasteiger partial charge in [0.1, 0.15) is 0 Å². The van der Waals surface area contributed by atoms with Crippen molar-refractivity contribution in [1.29, 1.82) is 0 Å². The highest BCUT2D eigenvalue weighted by molar-refractivity contribution is 7.89. The minimum atomic E-state index is -3.39. The molecule has 0 amide bonds. The van der Waals surface area contributed by atoms with Crippen LogP contribution in [0.25, 0.3) is 0 Å². The molecule has 1 aliphatic heterocycles. The van der Waals surface area contributed by atoms with Crippen molar-refractivity contribution in [3.8, 4) is 0 Å². The summed E-state index contributed by atoms with van der Waals surface area (Å²) in [6.07, 6.45) is 2.56. The molecule has 8 nitrogen and oxygen atoms in total. The summed E-state index contributed by atoms with van der Waals surface area (Å²) in [5, 5.41) is 20.1. The van der Waals surface area contributed by atoms with Crippen molar-refractivity contribution in [1.82, 2.24) is 10.2 Å². The Bertz CT molecular complexity index is 591. The Labute approximate surface area is 124 Å². The molecule has 0 aromatic carbocycles. The van der Waals surface area contributed by atoms with Gasteiger partial charge in [0.05, 0.1) is 11.9 Å². The van der Waals surface area contributed by atoms with Gasteiger partial charge in [-0.15, -0.1) is 5.10 Å². The Morgan fingerprint density at radius 2 is 2.14 bits per heavy atom. The minimum Gasteiger partial charge on any atom is -0.483 e. The number of rotatable bonds is 3. The van der Waals surface area contributed by atoms with E-state index in [4.69, 9.17) is 15.0 Å². The number of primary sulfonamides is 1. The molecule has 1 aromatic rings. The van der Waals surface area contributed by atoms with Crippen LogP contribution in [-0.4, -0.2) is 49.0 Å². The molecule has 1 aliphatic rings. The fourth-order valence-electron chi connectivity index (χ4n) is 2.31. The number of carboxylic acid groups (broad SMARTS) is 1. The number of nitrogens with two attached hydrogens (primary N) is 1. The average molecular weight is 316 g/mol. The van der Waals surface area contributed by atoms with E-state index in [1.165, 1.54) is 0 Å². The number of carbonyl (C=O) groups is 1. The number of aryl methyl sites for hydroxylation is 1. The van der Waals surface area contributed by atoms with E-state index in [1.54, 1.807) is 6.20 Å². The molecule has 0 spiro atoms. The van der Waals surface area contributed by atoms with Crippen LogP contribution in [0.5, 0.6) is 0 Å². The second-order valence-corrected chi connectivity index (χ2v) is 6.67. The quantitative estimate of drug-likeness (QED) is 0.746. The van der Waals surface area contributed by atoms with Gasteiger partial charge in [-0.2, -0.15) is 5.10 Å². The van der Waals surface area contributed by atoms with Gasteiger partial charge in [0.25, 0.3) is 6.47 Å². The van der Waals surface area contributed by atoms with Crippen LogP contribution >= 0.6 is 0 Å². The summed E-state index contributed by atoms with van der Waals surface area (Å²) in [7, 11) is -3.39. The van der Waals surface area contributed by atoms with E-state index in [0.717, 1.165) is 29.9 Å². The topological polar surface area (TPSA) is 126 Å². The third-order valence-electron chi connectivity index (χ3n) is 3.38. The van der Waals surface area contributed by atoms with Crippen molar-refractivity contribution in [3.63, 3.8) is 0 Å². The Kier molecular flexibility index (Phi) is 6.03. The van der Waals surface area contributed by atoms with E-state index < -0.39 is 10.0 Å². The first kappa shape index (κ1) is 17.3. The van der Waals surface area contributed by atoms with Gasteiger partial charge < -0.3 is 10.0 Å². The first-order valence-electron chi connectivity index (χ1n) is 6.40. The molecule has 2 heterocycles. The van der Waals surface area contributed by atoms with Crippen LogP contribution in [0.4, 0.5) is 5.82 Å². The lowest BCUT2D eigenvalue weighted by molar-refractivity contribution is -0.122. The van der Waals surface area contributed by atoms with E-state index in [-0.39, 0.29) is 18.1 Å². The summed E-state index contributed by atoms with van der Waals surface area (Å²) in [6, 6.07) is 0. The van der Waals surface area contributed by atoms with Crippen LogP contribution in [0.1, 0.15) is 17.5 Å². The van der Waals surface area contributed by atoms with Crippen molar-refractivity contribution < 1.29 is 18.3 Å². The minimum absolute atomic E-state index is 0.0434. The smallest absolute Gasteiger partial charge is 0.290 e. The molecule has 1 atom stereocenters. The van der Waals surface area contributed by atoms with Gasteiger partial charge in [-0.1, -0.05) is 0 Å². The molecule has 1 fully saturated rings. The van der Waals surface area contributed by atoms with Gasteiger partial charge >= 0.3 is 0 Å². The largest absolute Gasteiger partial charge is 0.483 e. The molecule has 0 radical (unpaired) electrons. The monoisotopic (exact) mass is 316 g/mol. The van der Waals surface area contributed by atoms with Gasteiger partial charge in [-0.25, -0.2) is 13.6 Å². The zero-order valence-electron chi connectivity index (χ0n) is 12.1. The summed E-state index contributed by atoms with van der Waals surface area (Å²) in [6.45, 7) is 5.23. The van der Waals surface area contributed by atoms with Crippen LogP contribution in [-0.2, 0) is 14.8 Å². The van der Waals surface area contributed by atoms with Gasteiger partial charge in [0, 0.05) is 13.1 Å². The van der Waals surface area contributed by atoms with Crippen molar-refractivity contribution in [2.24, 2.45) is 11.1 Å². The maximum atomic E-state index is 11.1. The third kappa shape index (κ3) is 5.27. The molecule has 0 saturated carbocycles. The first-order valence-corrected chi connectivity index (χ1v) is 8.12. The summed E-state index contributed by atoms with van der Waals surface area (Å²) in [5.41, 5.74) is 2.19. The SMILES string of the molecule is Cc1cnnc(N2CCC(CS(N)(=O)=O)C2)c1C.O=CO. The highest BCUT2D eigenvalue weighted by atomic mass is 32.2. The maximum absolute atomic E-state index is 11.1. The summed E-state index contributed by atoms with van der Waals surface area (Å²) in [5.74, 6) is 0.982. The lowest BCUT2D eigenvalue weighted by Crippen LogP contribution is -2.27. The molecule has 0 bridgehead atoms. The molecule has 3 N–H and O–H groups in total. The van der Waals surface area contributed by atoms with Crippen molar-refractivity contribution >= 4 is 22.3 Å². The normalized spacial score (nSPS) is 18.0. The molecule has 9 heteroatoms. The van der Waals surface area contributed by atoms with Crippen molar-refractivity contribution in [2.45, 2.75) is 20.3 Å². The molecule has 1 aromatic heterocycles. The molecule has 118 valence electrons. The lowest BCUT2D eigenvalue weighted by Gasteiger charge is -2.19. The fraction of sp³-hybridized carbons (Fsp3) is 0.583. The molecular formula is C12H20N4O4S. The molecule has 21 heavy (non-hydrogen) atoms. The van der Waals surface area contributed by atoms with Crippen LogP contribution < -0.4 is 10.0 Å².